The van der Waals surface area contributed by atoms with E-state index in [1.54, 1.807) is 7.05 Å². The quantitative estimate of drug-likeness (QED) is 0.392. The summed E-state index contributed by atoms with van der Waals surface area (Å²) in [6.07, 6.45) is 0. The largest absolute Gasteiger partial charge is 0.352 e. The van der Waals surface area contributed by atoms with Crippen LogP contribution in [-0.4, -0.2) is 22.8 Å². The van der Waals surface area contributed by atoms with Crippen molar-refractivity contribution in [2.75, 3.05) is 7.05 Å². The minimum atomic E-state index is 0. The third-order valence-electron chi connectivity index (χ3n) is 3.66. The monoisotopic (exact) mass is 491 g/mol. The van der Waals surface area contributed by atoms with Gasteiger partial charge >= 0.3 is 0 Å². The van der Waals surface area contributed by atoms with Crippen LogP contribution in [0.4, 0.5) is 0 Å². The van der Waals surface area contributed by atoms with E-state index in [0.717, 1.165) is 22.7 Å². The summed E-state index contributed by atoms with van der Waals surface area (Å²) in [5.41, 5.74) is 4.64. The molecular formula is C16H23BrIN5. The Morgan fingerprint density at radius 3 is 2.52 bits per heavy atom. The van der Waals surface area contributed by atoms with Crippen LogP contribution in [0.5, 0.6) is 0 Å². The predicted molar refractivity (Wildman–Crippen MR) is 109 cm³/mol. The maximum Gasteiger partial charge on any atom is 0.191 e. The number of hydrogen-bond donors (Lipinski definition) is 2. The molecule has 0 saturated heterocycles. The van der Waals surface area contributed by atoms with Gasteiger partial charge in [-0.25, -0.2) is 0 Å². The lowest BCUT2D eigenvalue weighted by atomic mass is 10.2. The van der Waals surface area contributed by atoms with Gasteiger partial charge in [-0.3, -0.25) is 9.67 Å². The van der Waals surface area contributed by atoms with Crippen LogP contribution in [-0.2, 0) is 20.1 Å². The van der Waals surface area contributed by atoms with E-state index in [0.29, 0.717) is 6.54 Å². The number of nitrogens with zero attached hydrogens (tertiary/aromatic N) is 3. The van der Waals surface area contributed by atoms with Crippen LogP contribution in [0.15, 0.2) is 33.7 Å². The Labute approximate surface area is 163 Å². The second kappa shape index (κ2) is 9.27. The third-order valence-corrected chi connectivity index (χ3v) is 4.16. The van der Waals surface area contributed by atoms with Crippen LogP contribution in [0.25, 0.3) is 0 Å². The summed E-state index contributed by atoms with van der Waals surface area (Å²) in [5.74, 6) is 0.780. The summed E-state index contributed by atoms with van der Waals surface area (Å²) in [6.45, 7) is 5.55. The summed E-state index contributed by atoms with van der Waals surface area (Å²) >= 11 is 3.48. The molecule has 2 N–H and O–H groups in total. The fourth-order valence-electron chi connectivity index (χ4n) is 2.30. The van der Waals surface area contributed by atoms with E-state index in [1.165, 1.54) is 16.8 Å². The van der Waals surface area contributed by atoms with Crippen LogP contribution in [0, 0.1) is 13.8 Å². The van der Waals surface area contributed by atoms with Gasteiger partial charge in [0.2, 0.25) is 0 Å². The van der Waals surface area contributed by atoms with Gasteiger partial charge in [-0.2, -0.15) is 5.10 Å². The van der Waals surface area contributed by atoms with Gasteiger partial charge in [0.05, 0.1) is 5.69 Å². The van der Waals surface area contributed by atoms with E-state index >= 15 is 0 Å². The Hall–Kier alpha value is -1.09. The Morgan fingerprint density at radius 1 is 1.26 bits per heavy atom. The number of rotatable bonds is 4. The molecule has 0 radical (unpaired) electrons. The van der Waals surface area contributed by atoms with Crippen molar-refractivity contribution in [3.63, 3.8) is 0 Å². The molecule has 2 rings (SSSR count). The van der Waals surface area contributed by atoms with Crippen molar-refractivity contribution in [3.8, 4) is 0 Å². The number of halogens is 2. The second-order valence-electron chi connectivity index (χ2n) is 5.18. The molecule has 7 heteroatoms. The van der Waals surface area contributed by atoms with Gasteiger partial charge in [0, 0.05) is 42.9 Å². The van der Waals surface area contributed by atoms with E-state index in [4.69, 9.17) is 0 Å². The number of benzene rings is 1. The lowest BCUT2D eigenvalue weighted by molar-refractivity contribution is 0.728. The molecule has 0 atom stereocenters. The van der Waals surface area contributed by atoms with Gasteiger partial charge in [0.1, 0.15) is 0 Å². The fourth-order valence-corrected chi connectivity index (χ4v) is 2.75. The van der Waals surface area contributed by atoms with Crippen molar-refractivity contribution in [3.05, 3.63) is 51.3 Å². The summed E-state index contributed by atoms with van der Waals surface area (Å²) in [7, 11) is 3.74. The molecule has 0 amide bonds. The molecule has 1 heterocycles. The maximum absolute atomic E-state index is 4.43. The number of hydrogen-bond acceptors (Lipinski definition) is 2. The molecule has 0 aliphatic rings. The van der Waals surface area contributed by atoms with Crippen LogP contribution in [0.1, 0.15) is 22.5 Å². The number of guanidine groups is 1. The van der Waals surface area contributed by atoms with E-state index in [1.807, 2.05) is 30.8 Å². The predicted octanol–water partition coefficient (Wildman–Crippen LogP) is 3.28. The molecule has 0 aliphatic carbocycles. The molecule has 0 spiro atoms. The first-order valence-electron chi connectivity index (χ1n) is 7.19. The lowest BCUT2D eigenvalue weighted by Crippen LogP contribution is -2.36. The molecule has 0 fully saturated rings. The molecule has 126 valence electrons. The van der Waals surface area contributed by atoms with Gasteiger partial charge in [-0.1, -0.05) is 28.1 Å². The SMILES string of the molecule is CN=C(NCc1cccc(Br)c1)NCc1c(C)nn(C)c1C.I. The molecular weight excluding hydrogens is 469 g/mol. The lowest BCUT2D eigenvalue weighted by Gasteiger charge is -2.12. The fraction of sp³-hybridized carbons (Fsp3) is 0.375. The molecule has 1 aromatic carbocycles. The second-order valence-corrected chi connectivity index (χ2v) is 6.10. The number of nitrogens with one attached hydrogen (secondary N) is 2. The molecule has 2 aromatic rings. The Morgan fingerprint density at radius 2 is 1.96 bits per heavy atom. The van der Waals surface area contributed by atoms with Crippen molar-refractivity contribution < 1.29 is 0 Å². The van der Waals surface area contributed by atoms with Gasteiger partial charge in [0.15, 0.2) is 5.96 Å². The number of aliphatic imine (C=N–C) groups is 1. The third kappa shape index (κ3) is 5.49. The highest BCUT2D eigenvalue weighted by molar-refractivity contribution is 14.0. The first-order valence-corrected chi connectivity index (χ1v) is 7.98. The summed E-state index contributed by atoms with van der Waals surface area (Å²) in [4.78, 5) is 4.26. The Kier molecular flexibility index (Phi) is 8.04. The van der Waals surface area contributed by atoms with E-state index in [9.17, 15) is 0 Å². The Bertz CT molecular complexity index is 681. The topological polar surface area (TPSA) is 54.2 Å². The highest BCUT2D eigenvalue weighted by atomic mass is 127. The normalized spacial score (nSPS) is 11.1. The molecule has 0 unspecified atom stereocenters. The number of aromatic nitrogens is 2. The van der Waals surface area contributed by atoms with Crippen molar-refractivity contribution in [2.24, 2.45) is 12.0 Å². The average Bonchev–Trinajstić information content (AvgIpc) is 2.73. The first kappa shape index (κ1) is 20.0. The minimum Gasteiger partial charge on any atom is -0.352 e. The van der Waals surface area contributed by atoms with Crippen molar-refractivity contribution in [1.29, 1.82) is 0 Å². The molecule has 5 nitrogen and oxygen atoms in total. The zero-order valence-electron chi connectivity index (χ0n) is 13.9. The first-order chi connectivity index (χ1) is 10.5. The molecule has 23 heavy (non-hydrogen) atoms. The maximum atomic E-state index is 4.43. The number of aryl methyl sites for hydroxylation is 2. The van der Waals surface area contributed by atoms with Gasteiger partial charge in [-0.05, 0) is 31.5 Å². The zero-order chi connectivity index (χ0) is 16.1. The molecule has 0 bridgehead atoms. The van der Waals surface area contributed by atoms with Crippen molar-refractivity contribution in [1.82, 2.24) is 20.4 Å². The standard InChI is InChI=1S/C16H22BrN5.HI/c1-11-15(12(2)22(4)21-11)10-20-16(18-3)19-9-13-6-5-7-14(17)8-13;/h5-8H,9-10H2,1-4H3,(H2,18,19,20);1H. The van der Waals surface area contributed by atoms with E-state index in [2.05, 4.69) is 55.7 Å². The highest BCUT2D eigenvalue weighted by Crippen LogP contribution is 2.12. The summed E-state index contributed by atoms with van der Waals surface area (Å²) in [5, 5.41) is 11.1. The average molecular weight is 492 g/mol. The minimum absolute atomic E-state index is 0. The van der Waals surface area contributed by atoms with Crippen LogP contribution < -0.4 is 10.6 Å². The van der Waals surface area contributed by atoms with Crippen LogP contribution >= 0.6 is 39.9 Å². The zero-order valence-corrected chi connectivity index (χ0v) is 17.8. The molecule has 0 saturated carbocycles. The van der Waals surface area contributed by atoms with E-state index < -0.39 is 0 Å². The van der Waals surface area contributed by atoms with Gasteiger partial charge in [0.25, 0.3) is 0 Å². The smallest absolute Gasteiger partial charge is 0.191 e. The molecule has 1 aromatic heterocycles. The van der Waals surface area contributed by atoms with Crippen molar-refractivity contribution in [2.45, 2.75) is 26.9 Å². The van der Waals surface area contributed by atoms with Crippen molar-refractivity contribution >= 4 is 45.9 Å². The summed E-state index contributed by atoms with van der Waals surface area (Å²) < 4.78 is 2.99. The highest BCUT2D eigenvalue weighted by Gasteiger charge is 2.09. The van der Waals surface area contributed by atoms with Crippen LogP contribution in [0.3, 0.4) is 0 Å². The summed E-state index contributed by atoms with van der Waals surface area (Å²) in [6, 6.07) is 8.22. The van der Waals surface area contributed by atoms with Crippen LogP contribution in [0.2, 0.25) is 0 Å². The van der Waals surface area contributed by atoms with Gasteiger partial charge in [-0.15, -0.1) is 24.0 Å². The van der Waals surface area contributed by atoms with E-state index in [-0.39, 0.29) is 24.0 Å². The Balaban J connectivity index is 0.00000264. The molecule has 0 aliphatic heterocycles. The van der Waals surface area contributed by atoms with Gasteiger partial charge < -0.3 is 10.6 Å².